The SMILES string of the molecule is CCCC(C)N(C)C(=O)CCN=C1NS(=O)(=O)c2ccccc21. The molecule has 1 aliphatic heterocycles. The number of sulfonamides is 1. The van der Waals surface area contributed by atoms with E-state index < -0.39 is 10.0 Å². The van der Waals surface area contributed by atoms with Crippen molar-refractivity contribution in [1.29, 1.82) is 0 Å². The van der Waals surface area contributed by atoms with Gasteiger partial charge in [-0.25, -0.2) is 8.42 Å². The number of nitrogens with one attached hydrogen (secondary N) is 1. The highest BCUT2D eigenvalue weighted by Gasteiger charge is 2.30. The fraction of sp³-hybridized carbons (Fsp3) is 0.500. The number of amides is 1. The van der Waals surface area contributed by atoms with Crippen molar-refractivity contribution in [2.45, 2.75) is 44.0 Å². The molecular weight excluding hydrogens is 314 g/mol. The number of benzene rings is 1. The van der Waals surface area contributed by atoms with Crippen LogP contribution in [0.2, 0.25) is 0 Å². The van der Waals surface area contributed by atoms with Crippen molar-refractivity contribution in [3.63, 3.8) is 0 Å². The molecule has 0 saturated heterocycles. The molecule has 23 heavy (non-hydrogen) atoms. The summed E-state index contributed by atoms with van der Waals surface area (Å²) in [7, 11) is -1.72. The molecule has 0 aromatic heterocycles. The molecule has 0 fully saturated rings. The smallest absolute Gasteiger partial charge is 0.263 e. The van der Waals surface area contributed by atoms with E-state index in [0.717, 1.165) is 12.8 Å². The number of carbonyl (C=O) groups is 1. The molecule has 1 unspecified atom stereocenters. The number of amidine groups is 1. The first-order valence-corrected chi connectivity index (χ1v) is 9.27. The summed E-state index contributed by atoms with van der Waals surface area (Å²) in [4.78, 5) is 18.4. The molecular formula is C16H23N3O3S. The van der Waals surface area contributed by atoms with E-state index in [-0.39, 0.29) is 29.8 Å². The van der Waals surface area contributed by atoms with E-state index in [4.69, 9.17) is 0 Å². The first-order valence-electron chi connectivity index (χ1n) is 7.79. The molecule has 1 heterocycles. The third-order valence-electron chi connectivity index (χ3n) is 4.02. The maximum atomic E-state index is 12.1. The Morgan fingerprint density at radius 1 is 1.35 bits per heavy atom. The molecule has 0 saturated carbocycles. The minimum atomic E-state index is -3.52. The van der Waals surface area contributed by atoms with Crippen molar-refractivity contribution in [2.24, 2.45) is 4.99 Å². The number of fused-ring (bicyclic) bond motifs is 1. The molecule has 7 heteroatoms. The van der Waals surface area contributed by atoms with Crippen LogP contribution in [0, 0.1) is 0 Å². The fourth-order valence-electron chi connectivity index (χ4n) is 2.55. The number of hydrogen-bond acceptors (Lipinski definition) is 4. The van der Waals surface area contributed by atoms with Gasteiger partial charge in [-0.3, -0.25) is 14.5 Å². The van der Waals surface area contributed by atoms with Crippen LogP contribution in [0.4, 0.5) is 0 Å². The molecule has 6 nitrogen and oxygen atoms in total. The maximum Gasteiger partial charge on any atom is 0.263 e. The number of hydrogen-bond donors (Lipinski definition) is 1. The van der Waals surface area contributed by atoms with Gasteiger partial charge in [0.25, 0.3) is 10.0 Å². The van der Waals surface area contributed by atoms with Gasteiger partial charge in [-0.15, -0.1) is 0 Å². The molecule has 1 N–H and O–H groups in total. The molecule has 1 atom stereocenters. The summed E-state index contributed by atoms with van der Waals surface area (Å²) < 4.78 is 26.4. The summed E-state index contributed by atoms with van der Waals surface area (Å²) >= 11 is 0. The lowest BCUT2D eigenvalue weighted by molar-refractivity contribution is -0.131. The van der Waals surface area contributed by atoms with Crippen LogP contribution in [0.5, 0.6) is 0 Å². The summed E-state index contributed by atoms with van der Waals surface area (Å²) in [6, 6.07) is 6.90. The lowest BCUT2D eigenvalue weighted by Gasteiger charge is -2.24. The van der Waals surface area contributed by atoms with E-state index in [1.54, 1.807) is 36.2 Å². The van der Waals surface area contributed by atoms with Crippen LogP contribution in [-0.2, 0) is 14.8 Å². The van der Waals surface area contributed by atoms with Crippen molar-refractivity contribution >= 4 is 21.8 Å². The second-order valence-corrected chi connectivity index (χ2v) is 7.38. The van der Waals surface area contributed by atoms with Gasteiger partial charge in [0.05, 0.1) is 11.4 Å². The van der Waals surface area contributed by atoms with Crippen LogP contribution in [-0.4, -0.2) is 44.7 Å². The summed E-state index contributed by atoms with van der Waals surface area (Å²) in [6.45, 7) is 4.37. The highest BCUT2D eigenvalue weighted by atomic mass is 32.2. The van der Waals surface area contributed by atoms with Crippen LogP contribution < -0.4 is 4.72 Å². The zero-order chi connectivity index (χ0) is 17.0. The third-order valence-corrected chi connectivity index (χ3v) is 5.42. The topological polar surface area (TPSA) is 78.8 Å². The molecule has 0 radical (unpaired) electrons. The highest BCUT2D eigenvalue weighted by molar-refractivity contribution is 7.90. The standard InChI is InChI=1S/C16H23N3O3S/c1-4-7-12(2)19(3)15(20)10-11-17-16-13-8-5-6-9-14(13)23(21,22)18-16/h5-6,8-9,12H,4,7,10-11H2,1-3H3,(H,17,18). The summed E-state index contributed by atoms with van der Waals surface area (Å²) in [5.74, 6) is 0.335. The average molecular weight is 337 g/mol. The summed E-state index contributed by atoms with van der Waals surface area (Å²) in [6.07, 6.45) is 2.25. The van der Waals surface area contributed by atoms with Gasteiger partial charge >= 0.3 is 0 Å². The van der Waals surface area contributed by atoms with Gasteiger partial charge in [-0.2, -0.15) is 0 Å². The number of nitrogens with zero attached hydrogens (tertiary/aromatic N) is 2. The second kappa shape index (κ2) is 7.12. The van der Waals surface area contributed by atoms with Gasteiger partial charge in [0.15, 0.2) is 0 Å². The van der Waals surface area contributed by atoms with Crippen LogP contribution in [0.15, 0.2) is 34.2 Å². The van der Waals surface area contributed by atoms with Crippen molar-refractivity contribution in [1.82, 2.24) is 9.62 Å². The van der Waals surface area contributed by atoms with E-state index in [1.807, 2.05) is 6.92 Å². The number of carbonyl (C=O) groups excluding carboxylic acids is 1. The van der Waals surface area contributed by atoms with Crippen LogP contribution in [0.25, 0.3) is 0 Å². The lowest BCUT2D eigenvalue weighted by atomic mass is 10.1. The maximum absolute atomic E-state index is 12.1. The zero-order valence-corrected chi connectivity index (χ0v) is 14.6. The highest BCUT2D eigenvalue weighted by Crippen LogP contribution is 2.22. The van der Waals surface area contributed by atoms with E-state index in [2.05, 4.69) is 16.6 Å². The third kappa shape index (κ3) is 3.90. The van der Waals surface area contributed by atoms with Gasteiger partial charge in [-0.1, -0.05) is 25.5 Å². The quantitative estimate of drug-likeness (QED) is 0.859. The van der Waals surface area contributed by atoms with Gasteiger partial charge in [-0.05, 0) is 25.5 Å². The van der Waals surface area contributed by atoms with E-state index in [1.165, 1.54) is 0 Å². The van der Waals surface area contributed by atoms with Gasteiger partial charge in [0.2, 0.25) is 5.91 Å². The number of rotatable bonds is 6. The predicted octanol–water partition coefficient (Wildman–Crippen LogP) is 1.76. The Morgan fingerprint density at radius 3 is 2.74 bits per heavy atom. The Kier molecular flexibility index (Phi) is 5.41. The van der Waals surface area contributed by atoms with Gasteiger partial charge in [0.1, 0.15) is 5.84 Å². The molecule has 0 bridgehead atoms. The Bertz CT molecular complexity index is 713. The Hall–Kier alpha value is -1.89. The summed E-state index contributed by atoms with van der Waals surface area (Å²) in [5.41, 5.74) is 0.563. The predicted molar refractivity (Wildman–Crippen MR) is 89.9 cm³/mol. The fourth-order valence-corrected chi connectivity index (χ4v) is 3.80. The molecule has 0 spiro atoms. The first kappa shape index (κ1) is 17.5. The minimum absolute atomic E-state index is 0.0180. The van der Waals surface area contributed by atoms with Crippen LogP contribution in [0.1, 0.15) is 38.7 Å². The first-order chi connectivity index (χ1) is 10.9. The van der Waals surface area contributed by atoms with Crippen LogP contribution in [0.3, 0.4) is 0 Å². The van der Waals surface area contributed by atoms with E-state index >= 15 is 0 Å². The average Bonchev–Trinajstić information content (AvgIpc) is 2.78. The zero-order valence-electron chi connectivity index (χ0n) is 13.7. The minimum Gasteiger partial charge on any atom is -0.343 e. The van der Waals surface area contributed by atoms with Gasteiger partial charge < -0.3 is 4.90 Å². The van der Waals surface area contributed by atoms with E-state index in [0.29, 0.717) is 11.4 Å². The normalized spacial score (nSPS) is 18.3. The second-order valence-electron chi connectivity index (χ2n) is 5.72. The van der Waals surface area contributed by atoms with Crippen molar-refractivity contribution < 1.29 is 13.2 Å². The molecule has 0 aliphatic carbocycles. The Labute approximate surface area is 137 Å². The van der Waals surface area contributed by atoms with Gasteiger partial charge in [0, 0.05) is 25.1 Å². The van der Waals surface area contributed by atoms with E-state index in [9.17, 15) is 13.2 Å². The van der Waals surface area contributed by atoms with Crippen molar-refractivity contribution in [2.75, 3.05) is 13.6 Å². The van der Waals surface area contributed by atoms with Crippen LogP contribution >= 0.6 is 0 Å². The van der Waals surface area contributed by atoms with Crippen molar-refractivity contribution in [3.05, 3.63) is 29.8 Å². The molecule has 1 aromatic carbocycles. The molecule has 1 aliphatic rings. The van der Waals surface area contributed by atoms with Crippen molar-refractivity contribution in [3.8, 4) is 0 Å². The molecule has 2 rings (SSSR count). The monoisotopic (exact) mass is 337 g/mol. The molecule has 1 aromatic rings. The molecule has 126 valence electrons. The molecule has 1 amide bonds. The number of aliphatic imine (C=N–C) groups is 1. The summed E-state index contributed by atoms with van der Waals surface area (Å²) in [5, 5.41) is 0. The largest absolute Gasteiger partial charge is 0.343 e. The Balaban J connectivity index is 2.01. The lowest BCUT2D eigenvalue weighted by Crippen LogP contribution is -2.35. The Morgan fingerprint density at radius 2 is 2.04 bits per heavy atom.